The summed E-state index contributed by atoms with van der Waals surface area (Å²) in [5, 5.41) is 5.48. The van der Waals surface area contributed by atoms with Crippen LogP contribution in [0.5, 0.6) is 5.75 Å². The van der Waals surface area contributed by atoms with Gasteiger partial charge in [0.15, 0.2) is 0 Å². The van der Waals surface area contributed by atoms with Crippen LogP contribution in [-0.4, -0.2) is 51.1 Å². The van der Waals surface area contributed by atoms with Gasteiger partial charge in [-0.05, 0) is 61.6 Å². The van der Waals surface area contributed by atoms with E-state index in [2.05, 4.69) is 10.6 Å². The monoisotopic (exact) mass is 465 g/mol. The third-order valence-electron chi connectivity index (χ3n) is 6.68. The summed E-state index contributed by atoms with van der Waals surface area (Å²) in [6.07, 6.45) is 3.86. The van der Waals surface area contributed by atoms with E-state index >= 15 is 0 Å². The first-order valence-corrected chi connectivity index (χ1v) is 11.7. The van der Waals surface area contributed by atoms with Crippen LogP contribution in [0.2, 0.25) is 0 Å². The largest absolute Gasteiger partial charge is 0.497 e. The molecular weight excluding hydrogens is 434 g/mol. The molecule has 2 aliphatic heterocycles. The Kier molecular flexibility index (Phi) is 7.47. The molecule has 2 fully saturated rings. The standard InChI is InChI=1S/C26H31N3O5/c1-33-22-10-8-19(9-11-22)26(12-15-34-16-13-26)18-27-24(31)25(32)28-20-5-4-6-21(17-20)29-14-3-2-7-23(29)30/h4-6,8-11,17H,2-3,7,12-16,18H2,1H3,(H,27,31)(H,28,32). The predicted octanol–water partition coefficient (Wildman–Crippen LogP) is 3.02. The van der Waals surface area contributed by atoms with Crippen LogP contribution in [-0.2, 0) is 24.5 Å². The number of methoxy groups -OCH3 is 1. The van der Waals surface area contributed by atoms with Crippen LogP contribution in [0, 0.1) is 0 Å². The van der Waals surface area contributed by atoms with Crippen LogP contribution in [0.25, 0.3) is 0 Å². The molecule has 0 unspecified atom stereocenters. The van der Waals surface area contributed by atoms with E-state index in [0.717, 1.165) is 42.7 Å². The number of nitrogens with zero attached hydrogens (tertiary/aromatic N) is 1. The molecular formula is C26H31N3O5. The van der Waals surface area contributed by atoms with E-state index in [1.54, 1.807) is 30.2 Å². The lowest BCUT2D eigenvalue weighted by Crippen LogP contribution is -2.47. The number of amides is 3. The zero-order valence-electron chi connectivity index (χ0n) is 19.5. The van der Waals surface area contributed by atoms with E-state index in [4.69, 9.17) is 9.47 Å². The third-order valence-corrected chi connectivity index (χ3v) is 6.68. The Morgan fingerprint density at radius 1 is 1.06 bits per heavy atom. The zero-order valence-corrected chi connectivity index (χ0v) is 19.5. The molecule has 3 amide bonds. The van der Waals surface area contributed by atoms with E-state index in [0.29, 0.717) is 38.4 Å². The average molecular weight is 466 g/mol. The predicted molar refractivity (Wildman–Crippen MR) is 129 cm³/mol. The molecule has 0 bridgehead atoms. The molecule has 0 atom stereocenters. The molecule has 34 heavy (non-hydrogen) atoms. The van der Waals surface area contributed by atoms with E-state index in [1.807, 2.05) is 30.3 Å². The number of carbonyl (C=O) groups excluding carboxylic acids is 3. The van der Waals surface area contributed by atoms with Crippen molar-refractivity contribution >= 4 is 29.1 Å². The Morgan fingerprint density at radius 3 is 2.53 bits per heavy atom. The highest BCUT2D eigenvalue weighted by Gasteiger charge is 2.35. The van der Waals surface area contributed by atoms with Gasteiger partial charge in [-0.1, -0.05) is 18.2 Å². The van der Waals surface area contributed by atoms with Crippen LogP contribution < -0.4 is 20.3 Å². The van der Waals surface area contributed by atoms with Crippen molar-refractivity contribution in [2.75, 3.05) is 43.6 Å². The Labute approximate surface area is 199 Å². The summed E-state index contributed by atoms with van der Waals surface area (Å²) in [6.45, 7) is 2.18. The van der Waals surface area contributed by atoms with Crippen molar-refractivity contribution in [2.24, 2.45) is 0 Å². The van der Waals surface area contributed by atoms with E-state index in [-0.39, 0.29) is 11.3 Å². The minimum absolute atomic E-state index is 0.0766. The van der Waals surface area contributed by atoms with Gasteiger partial charge < -0.3 is 25.0 Å². The van der Waals surface area contributed by atoms with E-state index in [1.165, 1.54) is 0 Å². The Hall–Kier alpha value is -3.39. The number of hydrogen-bond acceptors (Lipinski definition) is 5. The van der Waals surface area contributed by atoms with E-state index in [9.17, 15) is 14.4 Å². The molecule has 2 aliphatic rings. The summed E-state index contributed by atoms with van der Waals surface area (Å²) in [5.74, 6) is -0.589. The number of rotatable bonds is 6. The summed E-state index contributed by atoms with van der Waals surface area (Å²) in [7, 11) is 1.62. The van der Waals surface area contributed by atoms with Gasteiger partial charge in [-0.3, -0.25) is 14.4 Å². The molecule has 4 rings (SSSR count). The third kappa shape index (κ3) is 5.39. The Balaban J connectivity index is 1.40. The molecule has 0 aromatic heterocycles. The second-order valence-corrected chi connectivity index (χ2v) is 8.81. The van der Waals surface area contributed by atoms with Gasteiger partial charge in [-0.25, -0.2) is 0 Å². The molecule has 0 aliphatic carbocycles. The van der Waals surface area contributed by atoms with Crippen LogP contribution in [0.3, 0.4) is 0 Å². The van der Waals surface area contributed by atoms with Crippen molar-refractivity contribution in [3.05, 3.63) is 54.1 Å². The smallest absolute Gasteiger partial charge is 0.313 e. The maximum atomic E-state index is 12.7. The topological polar surface area (TPSA) is 97.0 Å². The van der Waals surface area contributed by atoms with Gasteiger partial charge in [0.1, 0.15) is 5.75 Å². The molecule has 2 heterocycles. The number of ether oxygens (including phenoxy) is 2. The number of nitrogens with one attached hydrogen (secondary N) is 2. The first kappa shape index (κ1) is 23.8. The fourth-order valence-corrected chi connectivity index (χ4v) is 4.62. The molecule has 0 radical (unpaired) electrons. The van der Waals surface area contributed by atoms with Crippen molar-refractivity contribution in [1.82, 2.24) is 5.32 Å². The minimum Gasteiger partial charge on any atom is -0.497 e. The van der Waals surface area contributed by atoms with Crippen molar-refractivity contribution in [3.8, 4) is 5.75 Å². The second kappa shape index (κ2) is 10.7. The van der Waals surface area contributed by atoms with Crippen molar-refractivity contribution in [1.29, 1.82) is 0 Å². The van der Waals surface area contributed by atoms with Crippen LogP contribution in [0.1, 0.15) is 37.7 Å². The maximum absolute atomic E-state index is 12.7. The summed E-state index contributed by atoms with van der Waals surface area (Å²) in [6, 6.07) is 14.9. The highest BCUT2D eigenvalue weighted by Crippen LogP contribution is 2.35. The van der Waals surface area contributed by atoms with E-state index < -0.39 is 11.8 Å². The van der Waals surface area contributed by atoms with Crippen molar-refractivity contribution < 1.29 is 23.9 Å². The molecule has 2 aromatic carbocycles. The summed E-state index contributed by atoms with van der Waals surface area (Å²) in [4.78, 5) is 39.2. The van der Waals surface area contributed by atoms with Gasteiger partial charge in [-0.2, -0.15) is 0 Å². The summed E-state index contributed by atoms with van der Waals surface area (Å²) < 4.78 is 10.8. The highest BCUT2D eigenvalue weighted by molar-refractivity contribution is 6.39. The Bertz CT molecular complexity index is 1030. The molecule has 2 N–H and O–H groups in total. The minimum atomic E-state index is -0.737. The number of piperidine rings is 1. The van der Waals surface area contributed by atoms with Gasteiger partial charge >= 0.3 is 11.8 Å². The van der Waals surface area contributed by atoms with Crippen molar-refractivity contribution in [2.45, 2.75) is 37.5 Å². The molecule has 8 nitrogen and oxygen atoms in total. The first-order valence-electron chi connectivity index (χ1n) is 11.7. The van der Waals surface area contributed by atoms with Crippen LogP contribution in [0.4, 0.5) is 11.4 Å². The van der Waals surface area contributed by atoms with Crippen LogP contribution >= 0.6 is 0 Å². The quantitative estimate of drug-likeness (QED) is 0.640. The van der Waals surface area contributed by atoms with Gasteiger partial charge in [-0.15, -0.1) is 0 Å². The normalized spacial score (nSPS) is 17.7. The molecule has 8 heteroatoms. The average Bonchev–Trinajstić information content (AvgIpc) is 2.88. The van der Waals surface area contributed by atoms with Gasteiger partial charge in [0.25, 0.3) is 0 Å². The SMILES string of the molecule is COc1ccc(C2(CNC(=O)C(=O)Nc3cccc(N4CCCCC4=O)c3)CCOCC2)cc1. The lowest BCUT2D eigenvalue weighted by Gasteiger charge is -2.38. The van der Waals surface area contributed by atoms with Gasteiger partial charge in [0, 0.05) is 49.5 Å². The lowest BCUT2D eigenvalue weighted by atomic mass is 9.74. The fraction of sp³-hybridized carbons (Fsp3) is 0.423. The molecule has 2 aromatic rings. The lowest BCUT2D eigenvalue weighted by molar-refractivity contribution is -0.136. The van der Waals surface area contributed by atoms with Gasteiger partial charge in [0.05, 0.1) is 7.11 Å². The number of carbonyl (C=O) groups is 3. The number of benzene rings is 2. The molecule has 180 valence electrons. The number of anilines is 2. The van der Waals surface area contributed by atoms with Crippen LogP contribution in [0.15, 0.2) is 48.5 Å². The summed E-state index contributed by atoms with van der Waals surface area (Å²) >= 11 is 0. The molecule has 2 saturated heterocycles. The second-order valence-electron chi connectivity index (χ2n) is 8.81. The molecule has 0 spiro atoms. The summed E-state index contributed by atoms with van der Waals surface area (Å²) in [5.41, 5.74) is 1.97. The first-order chi connectivity index (χ1) is 16.5. The number of hydrogen-bond donors (Lipinski definition) is 2. The maximum Gasteiger partial charge on any atom is 0.313 e. The Morgan fingerprint density at radius 2 is 1.82 bits per heavy atom. The van der Waals surface area contributed by atoms with Crippen molar-refractivity contribution in [3.63, 3.8) is 0 Å². The van der Waals surface area contributed by atoms with Gasteiger partial charge in [0.2, 0.25) is 5.91 Å². The zero-order chi connectivity index (χ0) is 24.0. The highest BCUT2D eigenvalue weighted by atomic mass is 16.5. The molecule has 0 saturated carbocycles. The fourth-order valence-electron chi connectivity index (χ4n) is 4.62.